The number of hydrogen-bond donors (Lipinski definition) is 0. The van der Waals surface area contributed by atoms with E-state index in [-0.39, 0.29) is 5.92 Å². The molecule has 0 amide bonds. The van der Waals surface area contributed by atoms with Crippen LogP contribution in [0.25, 0.3) is 10.8 Å². The number of ketones is 1. The summed E-state index contributed by atoms with van der Waals surface area (Å²) in [6.07, 6.45) is 2.14. The molecule has 3 aromatic carbocycles. The zero-order valence-corrected chi connectivity index (χ0v) is 12.5. The van der Waals surface area contributed by atoms with Crippen LogP contribution in [0, 0.1) is 0 Å². The molecular formula is C21H18O. The topological polar surface area (TPSA) is 17.1 Å². The zero-order chi connectivity index (χ0) is 14.9. The van der Waals surface area contributed by atoms with Gasteiger partial charge in [0, 0.05) is 18.8 Å². The van der Waals surface area contributed by atoms with Crippen molar-refractivity contribution in [3.8, 4) is 0 Å². The Hall–Kier alpha value is -2.41. The SMILES string of the molecule is O=C1CCc2c(ccc3ccccc23)C(c2ccccc2)C1. The lowest BCUT2D eigenvalue weighted by molar-refractivity contribution is -0.119. The summed E-state index contributed by atoms with van der Waals surface area (Å²) in [7, 11) is 0. The summed E-state index contributed by atoms with van der Waals surface area (Å²) in [4.78, 5) is 12.3. The third kappa shape index (κ3) is 2.23. The van der Waals surface area contributed by atoms with Crippen LogP contribution in [0.15, 0.2) is 66.7 Å². The highest BCUT2D eigenvalue weighted by atomic mass is 16.1. The van der Waals surface area contributed by atoms with Gasteiger partial charge in [0.1, 0.15) is 5.78 Å². The molecule has 22 heavy (non-hydrogen) atoms. The summed E-state index contributed by atoms with van der Waals surface area (Å²) in [5.41, 5.74) is 3.93. The van der Waals surface area contributed by atoms with Crippen molar-refractivity contribution < 1.29 is 4.79 Å². The Morgan fingerprint density at radius 3 is 2.41 bits per heavy atom. The van der Waals surface area contributed by atoms with E-state index >= 15 is 0 Å². The molecule has 0 N–H and O–H groups in total. The molecule has 0 aliphatic heterocycles. The van der Waals surface area contributed by atoms with E-state index in [1.165, 1.54) is 27.5 Å². The third-order valence-corrected chi connectivity index (χ3v) is 4.74. The van der Waals surface area contributed by atoms with Gasteiger partial charge in [0.05, 0.1) is 0 Å². The van der Waals surface area contributed by atoms with Crippen LogP contribution in [-0.4, -0.2) is 5.78 Å². The van der Waals surface area contributed by atoms with E-state index in [0.717, 1.165) is 6.42 Å². The van der Waals surface area contributed by atoms with E-state index in [1.807, 2.05) is 6.07 Å². The molecule has 108 valence electrons. The first-order valence-corrected chi connectivity index (χ1v) is 7.90. The van der Waals surface area contributed by atoms with Crippen molar-refractivity contribution in [3.05, 3.63) is 83.4 Å². The van der Waals surface area contributed by atoms with Crippen molar-refractivity contribution in [1.82, 2.24) is 0 Å². The number of carbonyl (C=O) groups excluding carboxylic acids is 1. The molecule has 0 heterocycles. The fourth-order valence-electron chi connectivity index (χ4n) is 3.65. The lowest BCUT2D eigenvalue weighted by Gasteiger charge is -2.19. The smallest absolute Gasteiger partial charge is 0.134 e. The van der Waals surface area contributed by atoms with Gasteiger partial charge in [-0.05, 0) is 33.9 Å². The van der Waals surface area contributed by atoms with E-state index in [2.05, 4.69) is 60.7 Å². The van der Waals surface area contributed by atoms with Crippen molar-refractivity contribution in [1.29, 1.82) is 0 Å². The van der Waals surface area contributed by atoms with E-state index in [0.29, 0.717) is 18.6 Å². The first-order chi connectivity index (χ1) is 10.8. The molecule has 1 aliphatic rings. The van der Waals surface area contributed by atoms with Crippen LogP contribution in [0.4, 0.5) is 0 Å². The van der Waals surface area contributed by atoms with Gasteiger partial charge < -0.3 is 0 Å². The van der Waals surface area contributed by atoms with E-state index in [4.69, 9.17) is 0 Å². The highest BCUT2D eigenvalue weighted by Crippen LogP contribution is 2.37. The lowest BCUT2D eigenvalue weighted by atomic mass is 9.85. The molecule has 1 atom stereocenters. The van der Waals surface area contributed by atoms with Gasteiger partial charge in [0.15, 0.2) is 0 Å². The van der Waals surface area contributed by atoms with E-state index in [1.54, 1.807) is 0 Å². The molecule has 3 aromatic rings. The standard InChI is InChI=1S/C21H18O/c22-17-11-13-19-18-9-5-4-8-16(18)10-12-20(19)21(14-17)15-6-2-1-3-7-15/h1-10,12,21H,11,13-14H2. The zero-order valence-electron chi connectivity index (χ0n) is 12.5. The Balaban J connectivity index is 1.95. The molecule has 0 aromatic heterocycles. The highest BCUT2D eigenvalue weighted by Gasteiger charge is 2.25. The van der Waals surface area contributed by atoms with Crippen molar-refractivity contribution in [2.24, 2.45) is 0 Å². The summed E-state index contributed by atoms with van der Waals surface area (Å²) in [5, 5.41) is 2.57. The highest BCUT2D eigenvalue weighted by molar-refractivity contribution is 5.89. The normalized spacial score (nSPS) is 18.0. The summed E-state index contributed by atoms with van der Waals surface area (Å²) in [6.45, 7) is 0. The maximum absolute atomic E-state index is 12.3. The molecule has 1 unspecified atom stereocenters. The molecule has 1 nitrogen and oxygen atoms in total. The average Bonchev–Trinajstić information content (AvgIpc) is 2.75. The average molecular weight is 286 g/mol. The van der Waals surface area contributed by atoms with Crippen molar-refractivity contribution in [3.63, 3.8) is 0 Å². The fraction of sp³-hybridized carbons (Fsp3) is 0.190. The Bertz CT molecular complexity index is 833. The van der Waals surface area contributed by atoms with Gasteiger partial charge in [0.2, 0.25) is 0 Å². The lowest BCUT2D eigenvalue weighted by Crippen LogP contribution is -2.06. The molecule has 0 fully saturated rings. The maximum Gasteiger partial charge on any atom is 0.134 e. The summed E-state index contributed by atoms with van der Waals surface area (Å²) in [5.74, 6) is 0.560. The summed E-state index contributed by atoms with van der Waals surface area (Å²) >= 11 is 0. The number of aryl methyl sites for hydroxylation is 1. The molecule has 0 spiro atoms. The van der Waals surface area contributed by atoms with Crippen LogP contribution in [0.5, 0.6) is 0 Å². The number of fused-ring (bicyclic) bond motifs is 3. The monoisotopic (exact) mass is 286 g/mol. The Labute approximate surface area is 130 Å². The molecule has 0 saturated carbocycles. The Morgan fingerprint density at radius 1 is 0.773 bits per heavy atom. The van der Waals surface area contributed by atoms with Gasteiger partial charge in [-0.2, -0.15) is 0 Å². The number of rotatable bonds is 1. The molecule has 0 radical (unpaired) electrons. The van der Waals surface area contributed by atoms with Gasteiger partial charge in [0.25, 0.3) is 0 Å². The largest absolute Gasteiger partial charge is 0.300 e. The summed E-state index contributed by atoms with van der Waals surface area (Å²) < 4.78 is 0. The van der Waals surface area contributed by atoms with Gasteiger partial charge in [-0.25, -0.2) is 0 Å². The van der Waals surface area contributed by atoms with Crippen molar-refractivity contribution in [2.75, 3.05) is 0 Å². The third-order valence-electron chi connectivity index (χ3n) is 4.74. The number of Topliss-reactive ketones (excluding diaryl/α,β-unsaturated/α-hetero) is 1. The van der Waals surface area contributed by atoms with E-state index in [9.17, 15) is 4.79 Å². The second-order valence-electron chi connectivity index (χ2n) is 6.06. The van der Waals surface area contributed by atoms with Gasteiger partial charge in [-0.15, -0.1) is 0 Å². The van der Waals surface area contributed by atoms with Gasteiger partial charge in [-0.1, -0.05) is 66.7 Å². The predicted molar refractivity (Wildman–Crippen MR) is 90.2 cm³/mol. The maximum atomic E-state index is 12.3. The fourth-order valence-corrected chi connectivity index (χ4v) is 3.65. The Kier molecular flexibility index (Phi) is 3.27. The summed E-state index contributed by atoms with van der Waals surface area (Å²) in [6, 6.07) is 23.4. The number of benzene rings is 3. The first-order valence-electron chi connectivity index (χ1n) is 7.90. The second kappa shape index (κ2) is 5.42. The van der Waals surface area contributed by atoms with Gasteiger partial charge >= 0.3 is 0 Å². The molecule has 1 heteroatoms. The second-order valence-corrected chi connectivity index (χ2v) is 6.06. The quantitative estimate of drug-likeness (QED) is 0.583. The minimum absolute atomic E-state index is 0.191. The molecule has 1 aliphatic carbocycles. The molecule has 0 bridgehead atoms. The van der Waals surface area contributed by atoms with Gasteiger partial charge in [-0.3, -0.25) is 4.79 Å². The van der Waals surface area contributed by atoms with Crippen LogP contribution in [0.2, 0.25) is 0 Å². The van der Waals surface area contributed by atoms with E-state index < -0.39 is 0 Å². The Morgan fingerprint density at radius 2 is 1.55 bits per heavy atom. The minimum Gasteiger partial charge on any atom is -0.300 e. The molecule has 0 saturated heterocycles. The number of carbonyl (C=O) groups is 1. The minimum atomic E-state index is 0.191. The molecule has 4 rings (SSSR count). The predicted octanol–water partition coefficient (Wildman–Crippen LogP) is 4.88. The van der Waals surface area contributed by atoms with Crippen LogP contribution >= 0.6 is 0 Å². The number of hydrogen-bond acceptors (Lipinski definition) is 1. The van der Waals surface area contributed by atoms with Crippen molar-refractivity contribution in [2.45, 2.75) is 25.2 Å². The van der Waals surface area contributed by atoms with Crippen LogP contribution in [-0.2, 0) is 11.2 Å². The molecular weight excluding hydrogens is 268 g/mol. The van der Waals surface area contributed by atoms with Crippen LogP contribution in [0.1, 0.15) is 35.4 Å². The first kappa shape index (κ1) is 13.3. The van der Waals surface area contributed by atoms with Crippen molar-refractivity contribution >= 4 is 16.6 Å². The van der Waals surface area contributed by atoms with Crippen LogP contribution < -0.4 is 0 Å². The van der Waals surface area contributed by atoms with Crippen LogP contribution in [0.3, 0.4) is 0 Å².